The van der Waals surface area contributed by atoms with Gasteiger partial charge >= 0.3 is 5.97 Å². The van der Waals surface area contributed by atoms with Crippen LogP contribution in [0.4, 0.5) is 0 Å². The molecule has 0 saturated carbocycles. The van der Waals surface area contributed by atoms with Crippen LogP contribution < -0.4 is 0 Å². The largest absolute Gasteiger partial charge is 0.466 e. The van der Waals surface area contributed by atoms with E-state index in [4.69, 9.17) is 4.74 Å². The zero-order valence-electron chi connectivity index (χ0n) is 10.2. The summed E-state index contributed by atoms with van der Waals surface area (Å²) in [5, 5.41) is 0. The quantitative estimate of drug-likeness (QED) is 0.526. The maximum absolute atomic E-state index is 10.7. The highest BCUT2D eigenvalue weighted by Crippen LogP contribution is 2.40. The molecule has 0 bridgehead atoms. The van der Waals surface area contributed by atoms with E-state index < -0.39 is 0 Å². The normalized spacial score (nSPS) is 20.3. The Hall–Kier alpha value is -0.790. The Morgan fingerprint density at radius 2 is 2.20 bits per heavy atom. The Kier molecular flexibility index (Phi) is 3.95. The Morgan fingerprint density at radius 3 is 2.73 bits per heavy atom. The van der Waals surface area contributed by atoms with E-state index in [-0.39, 0.29) is 11.4 Å². The summed E-state index contributed by atoms with van der Waals surface area (Å²) in [5.74, 6) is -0.189. The van der Waals surface area contributed by atoms with E-state index in [1.807, 2.05) is 0 Å². The van der Waals surface area contributed by atoms with Crippen molar-refractivity contribution in [3.8, 4) is 0 Å². The predicted molar refractivity (Wildman–Crippen MR) is 61.3 cm³/mol. The van der Waals surface area contributed by atoms with Gasteiger partial charge in [0, 0.05) is 13.3 Å². The number of carbonyl (C=O) groups is 1. The first-order valence-corrected chi connectivity index (χ1v) is 5.60. The van der Waals surface area contributed by atoms with Crippen LogP contribution in [-0.4, -0.2) is 12.6 Å². The van der Waals surface area contributed by atoms with Crippen molar-refractivity contribution in [2.75, 3.05) is 6.61 Å². The molecule has 0 aromatic rings. The summed E-state index contributed by atoms with van der Waals surface area (Å²) >= 11 is 0. The second-order valence-corrected chi connectivity index (χ2v) is 4.81. The van der Waals surface area contributed by atoms with Crippen LogP contribution in [0.1, 0.15) is 47.0 Å². The molecule has 2 heteroatoms. The number of hydrogen-bond acceptors (Lipinski definition) is 2. The SMILES string of the molecule is CC(=O)OCCC1=C(C)CC[CH]C1(C)C. The van der Waals surface area contributed by atoms with Crippen LogP contribution in [0, 0.1) is 11.8 Å². The standard InChI is InChI=1S/C13H21O2/c1-10-6-5-8-13(3,4)12(10)7-9-15-11(2)14/h8H,5-7,9H2,1-4H3. The van der Waals surface area contributed by atoms with Crippen molar-refractivity contribution in [1.82, 2.24) is 0 Å². The maximum atomic E-state index is 10.7. The minimum Gasteiger partial charge on any atom is -0.466 e. The summed E-state index contributed by atoms with van der Waals surface area (Å²) in [5.41, 5.74) is 3.08. The molecule has 0 amide bonds. The van der Waals surface area contributed by atoms with Crippen LogP contribution in [-0.2, 0) is 9.53 Å². The lowest BCUT2D eigenvalue weighted by Gasteiger charge is -2.34. The van der Waals surface area contributed by atoms with Crippen LogP contribution in [0.2, 0.25) is 0 Å². The fourth-order valence-electron chi connectivity index (χ4n) is 2.31. The Labute approximate surface area is 92.7 Å². The summed E-state index contributed by atoms with van der Waals surface area (Å²) in [6.45, 7) is 8.63. The van der Waals surface area contributed by atoms with E-state index >= 15 is 0 Å². The van der Waals surface area contributed by atoms with Crippen LogP contribution in [0.25, 0.3) is 0 Å². The molecule has 1 rings (SSSR count). The molecule has 1 radical (unpaired) electrons. The molecule has 0 aromatic heterocycles. The van der Waals surface area contributed by atoms with Crippen molar-refractivity contribution < 1.29 is 9.53 Å². The van der Waals surface area contributed by atoms with Gasteiger partial charge in [0.15, 0.2) is 0 Å². The highest BCUT2D eigenvalue weighted by Gasteiger charge is 2.28. The third kappa shape index (κ3) is 3.37. The Balaban J connectivity index is 2.60. The minimum atomic E-state index is -0.189. The van der Waals surface area contributed by atoms with Crippen molar-refractivity contribution in [2.45, 2.75) is 47.0 Å². The predicted octanol–water partition coefficient (Wildman–Crippen LogP) is 3.28. The van der Waals surface area contributed by atoms with Gasteiger partial charge in [-0.1, -0.05) is 25.0 Å². The molecular formula is C13H21O2. The van der Waals surface area contributed by atoms with E-state index in [1.54, 1.807) is 0 Å². The maximum Gasteiger partial charge on any atom is 0.302 e. The molecule has 85 valence electrons. The lowest BCUT2D eigenvalue weighted by Crippen LogP contribution is -2.22. The molecular weight excluding hydrogens is 188 g/mol. The molecule has 0 fully saturated rings. The van der Waals surface area contributed by atoms with E-state index in [1.165, 1.54) is 18.1 Å². The monoisotopic (exact) mass is 209 g/mol. The van der Waals surface area contributed by atoms with Crippen molar-refractivity contribution >= 4 is 5.97 Å². The van der Waals surface area contributed by atoms with E-state index in [2.05, 4.69) is 27.2 Å². The summed E-state index contributed by atoms with van der Waals surface area (Å²) in [6.07, 6.45) is 5.55. The fourth-order valence-corrected chi connectivity index (χ4v) is 2.31. The highest BCUT2D eigenvalue weighted by atomic mass is 16.5. The zero-order valence-corrected chi connectivity index (χ0v) is 10.2. The summed E-state index contributed by atoms with van der Waals surface area (Å²) in [6, 6.07) is 0. The van der Waals surface area contributed by atoms with Gasteiger partial charge in [-0.2, -0.15) is 0 Å². The average Bonchev–Trinajstić information content (AvgIpc) is 2.09. The highest BCUT2D eigenvalue weighted by molar-refractivity contribution is 5.65. The van der Waals surface area contributed by atoms with Crippen molar-refractivity contribution in [1.29, 1.82) is 0 Å². The molecule has 0 heterocycles. The molecule has 0 spiro atoms. The molecule has 15 heavy (non-hydrogen) atoms. The zero-order chi connectivity index (χ0) is 11.5. The van der Waals surface area contributed by atoms with Gasteiger partial charge in [-0.25, -0.2) is 0 Å². The van der Waals surface area contributed by atoms with E-state index in [0.29, 0.717) is 6.61 Å². The number of rotatable bonds is 3. The van der Waals surface area contributed by atoms with Gasteiger partial charge in [0.25, 0.3) is 0 Å². The number of ether oxygens (including phenoxy) is 1. The van der Waals surface area contributed by atoms with Crippen LogP contribution in [0.3, 0.4) is 0 Å². The molecule has 0 unspecified atom stereocenters. The third-order valence-electron chi connectivity index (χ3n) is 3.12. The topological polar surface area (TPSA) is 26.3 Å². The Bertz CT molecular complexity index is 274. The van der Waals surface area contributed by atoms with E-state index in [9.17, 15) is 4.79 Å². The van der Waals surface area contributed by atoms with Crippen LogP contribution in [0.5, 0.6) is 0 Å². The number of carbonyl (C=O) groups excluding carboxylic acids is 1. The van der Waals surface area contributed by atoms with Crippen LogP contribution in [0.15, 0.2) is 11.1 Å². The first-order chi connectivity index (χ1) is 6.93. The van der Waals surface area contributed by atoms with Gasteiger partial charge in [0.2, 0.25) is 0 Å². The van der Waals surface area contributed by atoms with Gasteiger partial charge in [0.05, 0.1) is 6.61 Å². The van der Waals surface area contributed by atoms with Gasteiger partial charge in [-0.15, -0.1) is 0 Å². The van der Waals surface area contributed by atoms with Gasteiger partial charge in [0.1, 0.15) is 0 Å². The summed E-state index contributed by atoms with van der Waals surface area (Å²) in [7, 11) is 0. The first-order valence-electron chi connectivity index (χ1n) is 5.60. The van der Waals surface area contributed by atoms with Crippen molar-refractivity contribution in [3.05, 3.63) is 17.6 Å². The molecule has 1 aliphatic carbocycles. The second-order valence-electron chi connectivity index (χ2n) is 4.81. The lowest BCUT2D eigenvalue weighted by molar-refractivity contribution is -0.140. The van der Waals surface area contributed by atoms with Crippen molar-refractivity contribution in [3.63, 3.8) is 0 Å². The molecule has 2 nitrogen and oxygen atoms in total. The van der Waals surface area contributed by atoms with Crippen LogP contribution >= 0.6 is 0 Å². The first kappa shape index (κ1) is 12.3. The molecule has 0 aromatic carbocycles. The lowest BCUT2D eigenvalue weighted by atomic mass is 9.72. The second kappa shape index (κ2) is 4.82. The minimum absolute atomic E-state index is 0.169. The molecule has 1 aliphatic rings. The average molecular weight is 209 g/mol. The number of esters is 1. The smallest absolute Gasteiger partial charge is 0.302 e. The molecule has 0 N–H and O–H groups in total. The molecule has 0 saturated heterocycles. The van der Waals surface area contributed by atoms with Gasteiger partial charge < -0.3 is 4.74 Å². The third-order valence-corrected chi connectivity index (χ3v) is 3.12. The van der Waals surface area contributed by atoms with Crippen molar-refractivity contribution in [2.24, 2.45) is 5.41 Å². The van der Waals surface area contributed by atoms with Gasteiger partial charge in [-0.05, 0) is 31.6 Å². The summed E-state index contributed by atoms with van der Waals surface area (Å²) < 4.78 is 5.00. The summed E-state index contributed by atoms with van der Waals surface area (Å²) in [4.78, 5) is 10.7. The van der Waals surface area contributed by atoms with Gasteiger partial charge in [-0.3, -0.25) is 4.79 Å². The molecule has 0 aliphatic heterocycles. The Morgan fingerprint density at radius 1 is 1.53 bits per heavy atom. The number of allylic oxidation sites excluding steroid dienone is 1. The number of hydrogen-bond donors (Lipinski definition) is 0. The van der Waals surface area contributed by atoms with E-state index in [0.717, 1.165) is 19.3 Å². The molecule has 0 atom stereocenters. The fraction of sp³-hybridized carbons (Fsp3) is 0.692.